The van der Waals surface area contributed by atoms with Crippen molar-refractivity contribution < 1.29 is 9.47 Å². The molecule has 1 heterocycles. The lowest BCUT2D eigenvalue weighted by Gasteiger charge is -2.13. The fourth-order valence-corrected chi connectivity index (χ4v) is 2.01. The minimum atomic E-state index is 0.543. The Kier molecular flexibility index (Phi) is 3.99. The van der Waals surface area contributed by atoms with Gasteiger partial charge in [-0.1, -0.05) is 11.6 Å². The first-order chi connectivity index (χ1) is 8.74. The van der Waals surface area contributed by atoms with Gasteiger partial charge in [-0.2, -0.15) is 0 Å². The molecule has 0 atom stereocenters. The van der Waals surface area contributed by atoms with Crippen molar-refractivity contribution in [1.29, 1.82) is 0 Å². The number of halogens is 1. The average Bonchev–Trinajstić information content (AvgIpc) is 2.88. The number of benzene rings is 1. The van der Waals surface area contributed by atoms with E-state index in [0.29, 0.717) is 23.1 Å². The van der Waals surface area contributed by atoms with E-state index in [2.05, 4.69) is 5.43 Å². The van der Waals surface area contributed by atoms with Crippen LogP contribution in [0.2, 0.25) is 5.02 Å². The maximum Gasteiger partial charge on any atom is 0.179 e. The summed E-state index contributed by atoms with van der Waals surface area (Å²) in [6.45, 7) is 0.648. The molecule has 1 N–H and O–H groups in total. The highest BCUT2D eigenvalue weighted by atomic mass is 35.5. The monoisotopic (exact) mass is 266 g/mol. The summed E-state index contributed by atoms with van der Waals surface area (Å²) in [6.07, 6.45) is 3.87. The van der Waals surface area contributed by atoms with Crippen LogP contribution in [0.4, 0.5) is 0 Å². The second-order valence-corrected chi connectivity index (χ2v) is 4.15. The van der Waals surface area contributed by atoms with Crippen LogP contribution in [0.5, 0.6) is 11.5 Å². The first kappa shape index (κ1) is 12.6. The summed E-state index contributed by atoms with van der Waals surface area (Å²) in [6, 6.07) is 7.67. The molecule has 0 amide bonds. The van der Waals surface area contributed by atoms with Crippen molar-refractivity contribution in [1.82, 2.24) is 4.68 Å². The number of rotatable bonds is 5. The van der Waals surface area contributed by atoms with Crippen molar-refractivity contribution in [3.63, 3.8) is 0 Å². The van der Waals surface area contributed by atoms with Crippen molar-refractivity contribution in [2.45, 2.75) is 6.54 Å². The highest BCUT2D eigenvalue weighted by Crippen LogP contribution is 2.35. The van der Waals surface area contributed by atoms with Crippen LogP contribution in [0.1, 0.15) is 5.56 Å². The van der Waals surface area contributed by atoms with Crippen LogP contribution in [0.3, 0.4) is 0 Å². The van der Waals surface area contributed by atoms with Gasteiger partial charge in [0.05, 0.1) is 25.8 Å². The van der Waals surface area contributed by atoms with E-state index < -0.39 is 0 Å². The van der Waals surface area contributed by atoms with Gasteiger partial charge in [0.2, 0.25) is 0 Å². The summed E-state index contributed by atoms with van der Waals surface area (Å²) in [4.78, 5) is 0. The second kappa shape index (κ2) is 5.69. The van der Waals surface area contributed by atoms with Gasteiger partial charge in [-0.3, -0.25) is 4.68 Å². The summed E-state index contributed by atoms with van der Waals surface area (Å²) < 4.78 is 12.3. The average molecular weight is 267 g/mol. The zero-order valence-corrected chi connectivity index (χ0v) is 11.1. The maximum absolute atomic E-state index is 6.13. The Bertz CT molecular complexity index is 512. The molecule has 0 aliphatic heterocycles. The van der Waals surface area contributed by atoms with Crippen molar-refractivity contribution in [3.8, 4) is 11.5 Å². The zero-order valence-electron chi connectivity index (χ0n) is 10.3. The standard InChI is InChI=1S/C13H15ClN2O2/c1-17-12-8-10(7-11(14)13(12)18-2)9-15-16-5-3-4-6-16/h3-8,15H,9H2,1-2H3. The Labute approximate surface area is 111 Å². The fraction of sp³-hybridized carbons (Fsp3) is 0.231. The van der Waals surface area contributed by atoms with E-state index in [1.165, 1.54) is 0 Å². The van der Waals surface area contributed by atoms with Gasteiger partial charge in [-0.25, -0.2) is 0 Å². The fourth-order valence-electron chi connectivity index (χ4n) is 1.70. The Morgan fingerprint density at radius 1 is 1.17 bits per heavy atom. The van der Waals surface area contributed by atoms with Crippen LogP contribution in [0.25, 0.3) is 0 Å². The lowest BCUT2D eigenvalue weighted by molar-refractivity contribution is 0.354. The SMILES string of the molecule is COc1cc(CNn2cccc2)cc(Cl)c1OC. The molecule has 0 saturated heterocycles. The van der Waals surface area contributed by atoms with Crippen molar-refractivity contribution in [2.75, 3.05) is 19.6 Å². The largest absolute Gasteiger partial charge is 0.493 e. The molecule has 0 spiro atoms. The minimum absolute atomic E-state index is 0.543. The van der Waals surface area contributed by atoms with Gasteiger partial charge in [-0.05, 0) is 29.8 Å². The number of nitrogens with zero attached hydrogens (tertiary/aromatic N) is 1. The summed E-state index contributed by atoms with van der Waals surface area (Å²) in [5.41, 5.74) is 4.24. The molecule has 2 aromatic rings. The van der Waals surface area contributed by atoms with Crippen molar-refractivity contribution in [3.05, 3.63) is 47.2 Å². The molecule has 0 aliphatic carbocycles. The van der Waals surface area contributed by atoms with Crippen molar-refractivity contribution in [2.24, 2.45) is 0 Å². The molecule has 5 heteroatoms. The van der Waals surface area contributed by atoms with Gasteiger partial charge in [0.15, 0.2) is 11.5 Å². The van der Waals surface area contributed by atoms with E-state index in [9.17, 15) is 0 Å². The van der Waals surface area contributed by atoms with Gasteiger partial charge in [-0.15, -0.1) is 0 Å². The molecule has 0 unspecified atom stereocenters. The highest BCUT2D eigenvalue weighted by Gasteiger charge is 2.10. The predicted molar refractivity (Wildman–Crippen MR) is 72.1 cm³/mol. The van der Waals surface area contributed by atoms with Crippen LogP contribution in [-0.2, 0) is 6.54 Å². The third-order valence-corrected chi connectivity index (χ3v) is 2.84. The lowest BCUT2D eigenvalue weighted by atomic mass is 10.2. The van der Waals surface area contributed by atoms with E-state index in [1.807, 2.05) is 41.3 Å². The van der Waals surface area contributed by atoms with Crippen LogP contribution in [0, 0.1) is 0 Å². The van der Waals surface area contributed by atoms with Gasteiger partial charge < -0.3 is 14.9 Å². The predicted octanol–water partition coefficient (Wildman–Crippen LogP) is 2.90. The number of hydrogen-bond acceptors (Lipinski definition) is 3. The van der Waals surface area contributed by atoms with Crippen LogP contribution in [0.15, 0.2) is 36.7 Å². The number of methoxy groups -OCH3 is 2. The topological polar surface area (TPSA) is 35.4 Å². The van der Waals surface area contributed by atoms with Crippen LogP contribution >= 0.6 is 11.6 Å². The number of nitrogens with one attached hydrogen (secondary N) is 1. The third-order valence-electron chi connectivity index (χ3n) is 2.56. The van der Waals surface area contributed by atoms with E-state index in [1.54, 1.807) is 14.2 Å². The normalized spacial score (nSPS) is 10.2. The molecule has 0 bridgehead atoms. The third kappa shape index (κ3) is 2.71. The molecule has 2 rings (SSSR count). The lowest BCUT2D eigenvalue weighted by Crippen LogP contribution is -2.11. The summed E-state index contributed by atoms with van der Waals surface area (Å²) in [5.74, 6) is 1.19. The van der Waals surface area contributed by atoms with E-state index >= 15 is 0 Å². The molecule has 4 nitrogen and oxygen atoms in total. The summed E-state index contributed by atoms with van der Waals surface area (Å²) >= 11 is 6.13. The molecule has 1 aromatic carbocycles. The Morgan fingerprint density at radius 2 is 1.89 bits per heavy atom. The van der Waals surface area contributed by atoms with Crippen molar-refractivity contribution >= 4 is 11.6 Å². The molecule has 0 saturated carbocycles. The second-order valence-electron chi connectivity index (χ2n) is 3.74. The van der Waals surface area contributed by atoms with Gasteiger partial charge >= 0.3 is 0 Å². The molecular weight excluding hydrogens is 252 g/mol. The minimum Gasteiger partial charge on any atom is -0.493 e. The molecular formula is C13H15ClN2O2. The van der Waals surface area contributed by atoms with E-state index in [0.717, 1.165) is 5.56 Å². The Morgan fingerprint density at radius 3 is 2.50 bits per heavy atom. The first-order valence-corrected chi connectivity index (χ1v) is 5.89. The highest BCUT2D eigenvalue weighted by molar-refractivity contribution is 6.32. The molecule has 96 valence electrons. The number of aromatic nitrogens is 1. The number of ether oxygens (including phenoxy) is 2. The molecule has 0 radical (unpaired) electrons. The smallest absolute Gasteiger partial charge is 0.179 e. The molecule has 18 heavy (non-hydrogen) atoms. The summed E-state index contributed by atoms with van der Waals surface area (Å²) in [7, 11) is 3.17. The maximum atomic E-state index is 6.13. The van der Waals surface area contributed by atoms with Gasteiger partial charge in [0.25, 0.3) is 0 Å². The molecule has 0 aliphatic rings. The first-order valence-electron chi connectivity index (χ1n) is 5.52. The van der Waals surface area contributed by atoms with Crippen LogP contribution in [-0.4, -0.2) is 18.9 Å². The van der Waals surface area contributed by atoms with Gasteiger partial charge in [0.1, 0.15) is 0 Å². The van der Waals surface area contributed by atoms with E-state index in [-0.39, 0.29) is 0 Å². The Balaban J connectivity index is 2.16. The molecule has 0 fully saturated rings. The number of hydrogen-bond donors (Lipinski definition) is 1. The molecule has 1 aromatic heterocycles. The van der Waals surface area contributed by atoms with Crippen LogP contribution < -0.4 is 14.9 Å². The Hall–Kier alpha value is -1.81. The van der Waals surface area contributed by atoms with E-state index in [4.69, 9.17) is 21.1 Å². The summed E-state index contributed by atoms with van der Waals surface area (Å²) in [5, 5.41) is 0.543. The quantitative estimate of drug-likeness (QED) is 0.904. The van der Waals surface area contributed by atoms with Gasteiger partial charge in [0, 0.05) is 12.4 Å². The zero-order chi connectivity index (χ0) is 13.0.